The van der Waals surface area contributed by atoms with Gasteiger partial charge in [-0.2, -0.15) is 0 Å². The second-order valence-corrected chi connectivity index (χ2v) is 5.38. The van der Waals surface area contributed by atoms with Crippen molar-refractivity contribution in [3.63, 3.8) is 0 Å². The molecular weight excluding hydrogens is 287 g/mol. The number of halogens is 2. The molecule has 0 amide bonds. The van der Waals surface area contributed by atoms with Gasteiger partial charge in [-0.1, -0.05) is 11.6 Å². The summed E-state index contributed by atoms with van der Waals surface area (Å²) in [4.78, 5) is 16.2. The Kier molecular flexibility index (Phi) is 4.63. The Labute approximate surface area is 119 Å². The van der Waals surface area contributed by atoms with Crippen molar-refractivity contribution in [2.45, 2.75) is 12.8 Å². The number of nitrogens with two attached hydrogens (primary N) is 1. The summed E-state index contributed by atoms with van der Waals surface area (Å²) < 4.78 is 13.5. The first-order valence-electron chi connectivity index (χ1n) is 5.71. The van der Waals surface area contributed by atoms with Gasteiger partial charge in [0, 0.05) is 23.2 Å². The summed E-state index contributed by atoms with van der Waals surface area (Å²) >= 11 is 7.17. The molecule has 0 atom stereocenters. The molecule has 3 nitrogen and oxygen atoms in total. The van der Waals surface area contributed by atoms with Crippen LogP contribution in [0, 0.1) is 5.82 Å². The maximum absolute atomic E-state index is 13.5. The van der Waals surface area contributed by atoms with Crippen LogP contribution in [0.5, 0.6) is 0 Å². The van der Waals surface area contributed by atoms with E-state index in [0.29, 0.717) is 23.7 Å². The Hall–Kier alpha value is -1.30. The summed E-state index contributed by atoms with van der Waals surface area (Å²) in [7, 11) is 0. The van der Waals surface area contributed by atoms with Gasteiger partial charge in [0.2, 0.25) is 0 Å². The highest BCUT2D eigenvalue weighted by Gasteiger charge is 2.14. The Bertz CT molecular complexity index is 600. The lowest BCUT2D eigenvalue weighted by atomic mass is 10.1. The Morgan fingerprint density at radius 1 is 1.47 bits per heavy atom. The second-order valence-electron chi connectivity index (χ2n) is 4.00. The fourth-order valence-electron chi connectivity index (χ4n) is 1.62. The molecule has 1 aromatic heterocycles. The quantitative estimate of drug-likeness (QED) is 0.864. The summed E-state index contributed by atoms with van der Waals surface area (Å²) in [5.74, 6) is -0.657. The van der Waals surface area contributed by atoms with E-state index in [1.54, 1.807) is 5.38 Å². The van der Waals surface area contributed by atoms with Gasteiger partial charge in [0.1, 0.15) is 11.5 Å². The third-order valence-corrected chi connectivity index (χ3v) is 3.70. The molecule has 0 fully saturated rings. The van der Waals surface area contributed by atoms with Crippen molar-refractivity contribution in [1.29, 1.82) is 0 Å². The predicted molar refractivity (Wildman–Crippen MR) is 74.3 cm³/mol. The van der Waals surface area contributed by atoms with Crippen LogP contribution in [0.3, 0.4) is 0 Å². The average Bonchev–Trinajstić information content (AvgIpc) is 2.83. The third kappa shape index (κ3) is 3.59. The minimum Gasteiger partial charge on any atom is -0.330 e. The van der Waals surface area contributed by atoms with Crippen molar-refractivity contribution < 1.29 is 9.18 Å². The number of Topliss-reactive ketones (excluding diaryl/α,β-unsaturated/α-hetero) is 1. The standard InChI is InChI=1S/C13H12ClFN2OS/c14-9-1-2-10(15)8(5-9)6-12(18)11-7-19-13(17-11)3-4-16/h1-2,5,7H,3-4,6,16H2. The van der Waals surface area contributed by atoms with Gasteiger partial charge in [0.25, 0.3) is 0 Å². The molecule has 0 radical (unpaired) electrons. The highest BCUT2D eigenvalue weighted by Crippen LogP contribution is 2.18. The van der Waals surface area contributed by atoms with Crippen molar-refractivity contribution in [2.75, 3.05) is 6.54 Å². The van der Waals surface area contributed by atoms with Gasteiger partial charge in [0.15, 0.2) is 5.78 Å². The average molecular weight is 299 g/mol. The van der Waals surface area contributed by atoms with Crippen LogP contribution >= 0.6 is 22.9 Å². The van der Waals surface area contributed by atoms with Crippen molar-refractivity contribution >= 4 is 28.7 Å². The highest BCUT2D eigenvalue weighted by molar-refractivity contribution is 7.09. The van der Waals surface area contributed by atoms with Gasteiger partial charge in [-0.25, -0.2) is 9.37 Å². The molecule has 0 aliphatic heterocycles. The summed E-state index contributed by atoms with van der Waals surface area (Å²) in [5, 5.41) is 2.90. The number of ketones is 1. The lowest BCUT2D eigenvalue weighted by Gasteiger charge is -2.01. The first-order chi connectivity index (χ1) is 9.10. The number of carbonyl (C=O) groups excluding carboxylic acids is 1. The van der Waals surface area contributed by atoms with E-state index in [2.05, 4.69) is 4.98 Å². The molecular formula is C13H12ClFN2OS. The van der Waals surface area contributed by atoms with Crippen LogP contribution in [0.1, 0.15) is 21.1 Å². The molecule has 2 N–H and O–H groups in total. The highest BCUT2D eigenvalue weighted by atomic mass is 35.5. The molecule has 2 rings (SSSR count). The summed E-state index contributed by atoms with van der Waals surface area (Å²) in [6.45, 7) is 0.490. The number of nitrogens with zero attached hydrogens (tertiary/aromatic N) is 1. The number of aromatic nitrogens is 1. The normalized spacial score (nSPS) is 10.7. The molecule has 0 bridgehead atoms. The molecule has 6 heteroatoms. The summed E-state index contributed by atoms with van der Waals surface area (Å²) in [5.41, 5.74) is 6.06. The molecule has 0 spiro atoms. The van der Waals surface area contributed by atoms with Gasteiger partial charge < -0.3 is 5.73 Å². The van der Waals surface area contributed by atoms with E-state index in [9.17, 15) is 9.18 Å². The molecule has 0 saturated heterocycles. The largest absolute Gasteiger partial charge is 0.330 e. The van der Waals surface area contributed by atoms with Gasteiger partial charge in [-0.15, -0.1) is 11.3 Å². The van der Waals surface area contributed by atoms with Crippen molar-refractivity contribution in [3.8, 4) is 0 Å². The SMILES string of the molecule is NCCc1nc(C(=O)Cc2cc(Cl)ccc2F)cs1. The number of carbonyl (C=O) groups is 1. The Morgan fingerprint density at radius 2 is 2.26 bits per heavy atom. The van der Waals surface area contributed by atoms with Crippen molar-refractivity contribution in [3.05, 3.63) is 50.7 Å². The maximum atomic E-state index is 13.5. The van der Waals surface area contributed by atoms with Crippen molar-refractivity contribution in [2.24, 2.45) is 5.73 Å². The Morgan fingerprint density at radius 3 is 3.00 bits per heavy atom. The molecule has 0 aliphatic carbocycles. The topological polar surface area (TPSA) is 56.0 Å². The van der Waals surface area contributed by atoms with Crippen LogP contribution in [0.4, 0.5) is 4.39 Å². The van der Waals surface area contributed by atoms with Crippen LogP contribution in [-0.2, 0) is 12.8 Å². The number of rotatable bonds is 5. The predicted octanol–water partition coefficient (Wildman–Crippen LogP) is 2.86. The van der Waals surface area contributed by atoms with Gasteiger partial charge in [-0.05, 0) is 30.3 Å². The van der Waals surface area contributed by atoms with Gasteiger partial charge >= 0.3 is 0 Å². The van der Waals surface area contributed by atoms with Crippen LogP contribution < -0.4 is 5.73 Å². The lowest BCUT2D eigenvalue weighted by molar-refractivity contribution is 0.0987. The summed E-state index contributed by atoms with van der Waals surface area (Å²) in [6, 6.07) is 4.17. The molecule has 1 aromatic carbocycles. The molecule has 0 aliphatic rings. The number of benzene rings is 1. The van der Waals surface area contributed by atoms with Crippen LogP contribution in [0.2, 0.25) is 5.02 Å². The van der Waals surface area contributed by atoms with E-state index in [1.165, 1.54) is 29.5 Å². The molecule has 19 heavy (non-hydrogen) atoms. The van der Waals surface area contributed by atoms with E-state index >= 15 is 0 Å². The van der Waals surface area contributed by atoms with Gasteiger partial charge in [0.05, 0.1) is 5.01 Å². The van der Waals surface area contributed by atoms with E-state index < -0.39 is 5.82 Å². The number of thiazole rings is 1. The minimum atomic E-state index is -0.435. The zero-order valence-corrected chi connectivity index (χ0v) is 11.6. The van der Waals surface area contributed by atoms with Crippen LogP contribution in [-0.4, -0.2) is 17.3 Å². The van der Waals surface area contributed by atoms with Crippen LogP contribution in [0.25, 0.3) is 0 Å². The second kappa shape index (κ2) is 6.23. The van der Waals surface area contributed by atoms with E-state index in [-0.39, 0.29) is 17.8 Å². The first kappa shape index (κ1) is 14.1. The zero-order valence-electron chi connectivity index (χ0n) is 10.0. The summed E-state index contributed by atoms with van der Waals surface area (Å²) in [6.07, 6.45) is 0.599. The zero-order chi connectivity index (χ0) is 13.8. The fourth-order valence-corrected chi connectivity index (χ4v) is 2.63. The van der Waals surface area contributed by atoms with Crippen LogP contribution in [0.15, 0.2) is 23.6 Å². The number of hydrogen-bond donors (Lipinski definition) is 1. The first-order valence-corrected chi connectivity index (χ1v) is 6.97. The molecule has 100 valence electrons. The molecule has 0 unspecified atom stereocenters. The smallest absolute Gasteiger partial charge is 0.186 e. The fraction of sp³-hybridized carbons (Fsp3) is 0.231. The molecule has 1 heterocycles. The third-order valence-electron chi connectivity index (χ3n) is 2.55. The minimum absolute atomic E-state index is 0.0435. The molecule has 0 saturated carbocycles. The van der Waals surface area contributed by atoms with E-state index in [0.717, 1.165) is 5.01 Å². The lowest BCUT2D eigenvalue weighted by Crippen LogP contribution is -2.07. The van der Waals surface area contributed by atoms with Gasteiger partial charge in [-0.3, -0.25) is 4.79 Å². The van der Waals surface area contributed by atoms with E-state index in [4.69, 9.17) is 17.3 Å². The monoisotopic (exact) mass is 298 g/mol. The Balaban J connectivity index is 2.13. The van der Waals surface area contributed by atoms with E-state index in [1.807, 2.05) is 0 Å². The van der Waals surface area contributed by atoms with Crippen molar-refractivity contribution in [1.82, 2.24) is 4.98 Å². The molecule has 2 aromatic rings. The maximum Gasteiger partial charge on any atom is 0.186 e. The number of hydrogen-bond acceptors (Lipinski definition) is 4.